The maximum atomic E-state index is 12.6. The number of hydrogen-bond acceptors (Lipinski definition) is 3. The van der Waals surface area contributed by atoms with Crippen LogP contribution in [0.3, 0.4) is 0 Å². The third kappa shape index (κ3) is 4.53. The van der Waals surface area contributed by atoms with E-state index in [1.807, 2.05) is 26.0 Å². The molecule has 1 N–H and O–H groups in total. The molecule has 0 aliphatic carbocycles. The Labute approximate surface area is 129 Å². The summed E-state index contributed by atoms with van der Waals surface area (Å²) in [6.07, 6.45) is 1.85. The summed E-state index contributed by atoms with van der Waals surface area (Å²) >= 11 is 0. The molecule has 1 aromatic carbocycles. The van der Waals surface area contributed by atoms with Gasteiger partial charge in [0.2, 0.25) is 10.0 Å². The molecule has 1 rings (SSSR count). The SMILES string of the molecule is CCCNC(C)c1cccc(S(=O)(=O)N(C)C(C)CC)c1. The molecule has 0 radical (unpaired) electrons. The van der Waals surface area contributed by atoms with Gasteiger partial charge < -0.3 is 5.32 Å². The molecule has 0 aromatic heterocycles. The molecule has 0 amide bonds. The van der Waals surface area contributed by atoms with Crippen LogP contribution in [0.5, 0.6) is 0 Å². The van der Waals surface area contributed by atoms with Crippen molar-refractivity contribution in [2.45, 2.75) is 57.5 Å². The van der Waals surface area contributed by atoms with Crippen molar-refractivity contribution in [3.8, 4) is 0 Å². The second kappa shape index (κ2) is 7.92. The number of benzene rings is 1. The molecular formula is C16H28N2O2S. The molecule has 5 heteroatoms. The lowest BCUT2D eigenvalue weighted by molar-refractivity contribution is 0.380. The van der Waals surface area contributed by atoms with Gasteiger partial charge in [0.1, 0.15) is 0 Å². The third-order valence-corrected chi connectivity index (χ3v) is 5.91. The second-order valence-electron chi connectivity index (χ2n) is 5.53. The van der Waals surface area contributed by atoms with Gasteiger partial charge in [0.15, 0.2) is 0 Å². The first kappa shape index (κ1) is 18.1. The van der Waals surface area contributed by atoms with E-state index in [9.17, 15) is 8.42 Å². The van der Waals surface area contributed by atoms with Gasteiger partial charge >= 0.3 is 0 Å². The Morgan fingerprint density at radius 1 is 1.24 bits per heavy atom. The van der Waals surface area contributed by atoms with Crippen LogP contribution in [0.25, 0.3) is 0 Å². The molecule has 0 aliphatic heterocycles. The van der Waals surface area contributed by atoms with Gasteiger partial charge in [-0.05, 0) is 50.9 Å². The minimum Gasteiger partial charge on any atom is -0.310 e. The van der Waals surface area contributed by atoms with E-state index in [-0.39, 0.29) is 12.1 Å². The van der Waals surface area contributed by atoms with Crippen molar-refractivity contribution in [2.75, 3.05) is 13.6 Å². The first-order chi connectivity index (χ1) is 9.84. The largest absolute Gasteiger partial charge is 0.310 e. The molecule has 2 atom stereocenters. The highest BCUT2D eigenvalue weighted by Gasteiger charge is 2.24. The van der Waals surface area contributed by atoms with Crippen LogP contribution in [0.15, 0.2) is 29.2 Å². The van der Waals surface area contributed by atoms with Crippen LogP contribution in [0.1, 0.15) is 52.1 Å². The molecule has 0 fully saturated rings. The molecule has 0 bridgehead atoms. The van der Waals surface area contributed by atoms with Crippen molar-refractivity contribution in [2.24, 2.45) is 0 Å². The van der Waals surface area contributed by atoms with Gasteiger partial charge in [-0.3, -0.25) is 0 Å². The summed E-state index contributed by atoms with van der Waals surface area (Å²) < 4.78 is 26.7. The zero-order chi connectivity index (χ0) is 16.0. The van der Waals surface area contributed by atoms with Gasteiger partial charge in [0, 0.05) is 19.1 Å². The normalized spacial score (nSPS) is 15.1. The molecule has 120 valence electrons. The summed E-state index contributed by atoms with van der Waals surface area (Å²) in [6, 6.07) is 7.38. The lowest BCUT2D eigenvalue weighted by Gasteiger charge is -2.24. The maximum absolute atomic E-state index is 12.6. The van der Waals surface area contributed by atoms with Gasteiger partial charge in [-0.25, -0.2) is 8.42 Å². The van der Waals surface area contributed by atoms with Crippen LogP contribution in [-0.4, -0.2) is 32.4 Å². The summed E-state index contributed by atoms with van der Waals surface area (Å²) in [4.78, 5) is 0.368. The smallest absolute Gasteiger partial charge is 0.243 e. The Balaban J connectivity index is 3.04. The van der Waals surface area contributed by atoms with Crippen LogP contribution in [0.2, 0.25) is 0 Å². The van der Waals surface area contributed by atoms with E-state index in [1.54, 1.807) is 19.2 Å². The van der Waals surface area contributed by atoms with E-state index >= 15 is 0 Å². The average molecular weight is 312 g/mol. The lowest BCUT2D eigenvalue weighted by Crippen LogP contribution is -2.34. The predicted molar refractivity (Wildman–Crippen MR) is 87.9 cm³/mol. The van der Waals surface area contributed by atoms with E-state index < -0.39 is 10.0 Å². The highest BCUT2D eigenvalue weighted by atomic mass is 32.2. The first-order valence-electron chi connectivity index (χ1n) is 7.65. The lowest BCUT2D eigenvalue weighted by atomic mass is 10.1. The van der Waals surface area contributed by atoms with E-state index in [4.69, 9.17) is 0 Å². The van der Waals surface area contributed by atoms with Crippen LogP contribution in [0.4, 0.5) is 0 Å². The molecule has 1 aromatic rings. The Kier molecular flexibility index (Phi) is 6.84. The molecule has 0 aliphatic rings. The molecule has 4 nitrogen and oxygen atoms in total. The molecule has 0 spiro atoms. The monoisotopic (exact) mass is 312 g/mol. The van der Waals surface area contributed by atoms with E-state index in [0.29, 0.717) is 4.90 Å². The minimum atomic E-state index is -3.42. The van der Waals surface area contributed by atoms with E-state index in [1.165, 1.54) is 4.31 Å². The van der Waals surface area contributed by atoms with Crippen LogP contribution in [-0.2, 0) is 10.0 Å². The summed E-state index contributed by atoms with van der Waals surface area (Å²) in [6.45, 7) is 9.00. The topological polar surface area (TPSA) is 49.4 Å². The average Bonchev–Trinajstić information content (AvgIpc) is 2.50. The highest BCUT2D eigenvalue weighted by Crippen LogP contribution is 2.21. The molecule has 21 heavy (non-hydrogen) atoms. The summed E-state index contributed by atoms with van der Waals surface area (Å²) in [7, 11) is -1.77. The molecule has 2 unspecified atom stereocenters. The number of nitrogens with one attached hydrogen (secondary N) is 1. The van der Waals surface area contributed by atoms with Gasteiger partial charge in [-0.1, -0.05) is 26.0 Å². The van der Waals surface area contributed by atoms with E-state index in [0.717, 1.165) is 24.9 Å². The third-order valence-electron chi connectivity index (χ3n) is 3.95. The predicted octanol–water partition coefficient (Wildman–Crippen LogP) is 3.17. The van der Waals surface area contributed by atoms with Crippen LogP contribution >= 0.6 is 0 Å². The number of sulfonamides is 1. The van der Waals surface area contributed by atoms with Crippen molar-refractivity contribution >= 4 is 10.0 Å². The standard InChI is InChI=1S/C16H28N2O2S/c1-6-11-17-14(4)15-9-8-10-16(12-15)21(19,20)18(5)13(3)7-2/h8-10,12-14,17H,6-7,11H2,1-5H3. The zero-order valence-electron chi connectivity index (χ0n) is 13.8. The van der Waals surface area contributed by atoms with Gasteiger partial charge in [0.05, 0.1) is 4.90 Å². The highest BCUT2D eigenvalue weighted by molar-refractivity contribution is 7.89. The Bertz CT molecular complexity index is 543. The van der Waals surface area contributed by atoms with Crippen molar-refractivity contribution in [1.29, 1.82) is 0 Å². The molecule has 0 saturated heterocycles. The summed E-state index contributed by atoms with van der Waals surface area (Å²) in [5, 5.41) is 3.38. The summed E-state index contributed by atoms with van der Waals surface area (Å²) in [5.41, 5.74) is 1.00. The zero-order valence-corrected chi connectivity index (χ0v) is 14.6. The fourth-order valence-electron chi connectivity index (χ4n) is 2.08. The second-order valence-corrected chi connectivity index (χ2v) is 7.52. The number of rotatable bonds is 8. The Morgan fingerprint density at radius 2 is 1.90 bits per heavy atom. The Hall–Kier alpha value is -0.910. The fraction of sp³-hybridized carbons (Fsp3) is 0.625. The van der Waals surface area contributed by atoms with Crippen molar-refractivity contribution in [3.05, 3.63) is 29.8 Å². The molecular weight excluding hydrogens is 284 g/mol. The Morgan fingerprint density at radius 3 is 2.48 bits per heavy atom. The van der Waals surface area contributed by atoms with Gasteiger partial charge in [-0.2, -0.15) is 4.31 Å². The fourth-order valence-corrected chi connectivity index (χ4v) is 3.57. The molecule has 0 heterocycles. The summed E-state index contributed by atoms with van der Waals surface area (Å²) in [5.74, 6) is 0. The van der Waals surface area contributed by atoms with Gasteiger partial charge in [0.25, 0.3) is 0 Å². The van der Waals surface area contributed by atoms with Crippen LogP contribution < -0.4 is 5.32 Å². The van der Waals surface area contributed by atoms with Gasteiger partial charge in [-0.15, -0.1) is 0 Å². The van der Waals surface area contributed by atoms with Crippen molar-refractivity contribution < 1.29 is 8.42 Å². The van der Waals surface area contributed by atoms with Crippen molar-refractivity contribution in [3.63, 3.8) is 0 Å². The minimum absolute atomic E-state index is 0.00528. The first-order valence-corrected chi connectivity index (χ1v) is 9.09. The number of hydrogen-bond donors (Lipinski definition) is 1. The molecule has 0 saturated carbocycles. The quantitative estimate of drug-likeness (QED) is 0.802. The number of nitrogens with zero attached hydrogens (tertiary/aromatic N) is 1. The van der Waals surface area contributed by atoms with E-state index in [2.05, 4.69) is 19.2 Å². The maximum Gasteiger partial charge on any atom is 0.243 e. The van der Waals surface area contributed by atoms with Crippen molar-refractivity contribution in [1.82, 2.24) is 9.62 Å². The van der Waals surface area contributed by atoms with Crippen LogP contribution in [0, 0.1) is 0 Å².